The number of nitrogens with zero attached hydrogens (tertiary/aromatic N) is 6. The molecular weight excluding hydrogens is 324 g/mol. The van der Waals surface area contributed by atoms with Crippen LogP contribution in [-0.2, 0) is 26.1 Å². The zero-order valence-corrected chi connectivity index (χ0v) is 15.4. The van der Waals surface area contributed by atoms with Gasteiger partial charge in [0.05, 0.1) is 11.9 Å². The average molecular weight is 348 g/mol. The fraction of sp³-hybridized carbons (Fsp3) is 0.400. The summed E-state index contributed by atoms with van der Waals surface area (Å²) < 4.78 is 2.11. The Morgan fingerprint density at radius 3 is 2.81 bits per heavy atom. The summed E-state index contributed by atoms with van der Waals surface area (Å²) in [5.74, 6) is 0.788. The minimum absolute atomic E-state index is 0.788. The standard InChI is InChI=1S/C20H24N6/c1-3-9-26-15(2)17(12-23-26)13-25-10-6-19-18(14-25)11-22-20(24-19)16-4-7-21-8-5-16/h4-5,7-8,11-12H,3,6,9-10,13-14H2,1-2H3. The molecule has 4 heterocycles. The number of hydrogen-bond acceptors (Lipinski definition) is 5. The van der Waals surface area contributed by atoms with Gasteiger partial charge in [-0.1, -0.05) is 6.92 Å². The van der Waals surface area contributed by atoms with Gasteiger partial charge in [-0.2, -0.15) is 5.10 Å². The van der Waals surface area contributed by atoms with Crippen LogP contribution >= 0.6 is 0 Å². The molecule has 3 aromatic heterocycles. The van der Waals surface area contributed by atoms with Crippen LogP contribution in [0, 0.1) is 6.92 Å². The molecule has 0 aliphatic carbocycles. The summed E-state index contributed by atoms with van der Waals surface area (Å²) in [5, 5.41) is 4.52. The highest BCUT2D eigenvalue weighted by Crippen LogP contribution is 2.22. The van der Waals surface area contributed by atoms with E-state index in [4.69, 9.17) is 4.98 Å². The Kier molecular flexibility index (Phi) is 4.75. The molecular formula is C20H24N6. The summed E-state index contributed by atoms with van der Waals surface area (Å²) in [5.41, 5.74) is 6.01. The molecule has 26 heavy (non-hydrogen) atoms. The molecule has 0 unspecified atom stereocenters. The third-order valence-electron chi connectivity index (χ3n) is 4.99. The first kappa shape index (κ1) is 16.8. The molecule has 0 bridgehead atoms. The van der Waals surface area contributed by atoms with Crippen LogP contribution in [0.15, 0.2) is 36.9 Å². The lowest BCUT2D eigenvalue weighted by Gasteiger charge is -2.28. The quantitative estimate of drug-likeness (QED) is 0.709. The van der Waals surface area contributed by atoms with E-state index in [0.29, 0.717) is 0 Å². The predicted molar refractivity (Wildman–Crippen MR) is 100 cm³/mol. The van der Waals surface area contributed by atoms with Gasteiger partial charge in [0.15, 0.2) is 5.82 Å². The predicted octanol–water partition coefficient (Wildman–Crippen LogP) is 3.01. The Morgan fingerprint density at radius 1 is 1.15 bits per heavy atom. The minimum atomic E-state index is 0.788. The van der Waals surface area contributed by atoms with E-state index in [1.54, 1.807) is 12.4 Å². The molecule has 0 aromatic carbocycles. The lowest BCUT2D eigenvalue weighted by molar-refractivity contribution is 0.242. The number of hydrogen-bond donors (Lipinski definition) is 0. The summed E-state index contributed by atoms with van der Waals surface area (Å²) in [6, 6.07) is 3.90. The van der Waals surface area contributed by atoms with Crippen molar-refractivity contribution in [2.75, 3.05) is 6.54 Å². The average Bonchev–Trinajstić information content (AvgIpc) is 3.02. The van der Waals surface area contributed by atoms with Crippen LogP contribution < -0.4 is 0 Å². The molecule has 0 amide bonds. The number of pyridine rings is 1. The van der Waals surface area contributed by atoms with Gasteiger partial charge in [0.2, 0.25) is 0 Å². The largest absolute Gasteiger partial charge is 0.294 e. The second kappa shape index (κ2) is 7.33. The van der Waals surface area contributed by atoms with Crippen LogP contribution in [0.3, 0.4) is 0 Å². The number of rotatable bonds is 5. The lowest BCUT2D eigenvalue weighted by atomic mass is 10.1. The Labute approximate surface area is 153 Å². The number of aryl methyl sites for hydroxylation is 1. The summed E-state index contributed by atoms with van der Waals surface area (Å²) >= 11 is 0. The summed E-state index contributed by atoms with van der Waals surface area (Å²) in [4.78, 5) is 15.9. The van der Waals surface area contributed by atoms with Crippen LogP contribution in [0.4, 0.5) is 0 Å². The van der Waals surface area contributed by atoms with Crippen molar-refractivity contribution in [3.8, 4) is 11.4 Å². The normalized spacial score (nSPS) is 14.4. The van der Waals surface area contributed by atoms with E-state index in [1.807, 2.05) is 24.5 Å². The maximum Gasteiger partial charge on any atom is 0.159 e. The van der Waals surface area contributed by atoms with Crippen LogP contribution in [0.1, 0.15) is 35.9 Å². The molecule has 0 saturated heterocycles. The first-order chi connectivity index (χ1) is 12.7. The van der Waals surface area contributed by atoms with Crippen molar-refractivity contribution >= 4 is 0 Å². The second-order valence-corrected chi connectivity index (χ2v) is 6.84. The van der Waals surface area contributed by atoms with Crippen molar-refractivity contribution in [3.63, 3.8) is 0 Å². The molecule has 0 atom stereocenters. The summed E-state index contributed by atoms with van der Waals surface area (Å²) in [6.45, 7) is 8.17. The van der Waals surface area contributed by atoms with E-state index in [1.165, 1.54) is 22.5 Å². The zero-order chi connectivity index (χ0) is 17.9. The number of fused-ring (bicyclic) bond motifs is 1. The Bertz CT molecular complexity index is 887. The highest BCUT2D eigenvalue weighted by atomic mass is 15.3. The molecule has 6 nitrogen and oxygen atoms in total. The van der Waals surface area contributed by atoms with E-state index >= 15 is 0 Å². The molecule has 0 N–H and O–H groups in total. The van der Waals surface area contributed by atoms with Crippen molar-refractivity contribution in [1.29, 1.82) is 0 Å². The van der Waals surface area contributed by atoms with Crippen molar-refractivity contribution < 1.29 is 0 Å². The molecule has 0 spiro atoms. The summed E-state index contributed by atoms with van der Waals surface area (Å²) in [6.07, 6.45) is 9.62. The van der Waals surface area contributed by atoms with E-state index in [0.717, 1.165) is 50.4 Å². The van der Waals surface area contributed by atoms with E-state index in [2.05, 4.69) is 38.5 Å². The fourth-order valence-corrected chi connectivity index (χ4v) is 3.47. The van der Waals surface area contributed by atoms with E-state index in [9.17, 15) is 0 Å². The van der Waals surface area contributed by atoms with Crippen molar-refractivity contribution in [1.82, 2.24) is 29.6 Å². The van der Waals surface area contributed by atoms with Crippen molar-refractivity contribution in [2.24, 2.45) is 0 Å². The smallest absolute Gasteiger partial charge is 0.159 e. The number of aromatic nitrogens is 5. The van der Waals surface area contributed by atoms with Gasteiger partial charge >= 0.3 is 0 Å². The minimum Gasteiger partial charge on any atom is -0.294 e. The van der Waals surface area contributed by atoms with Crippen LogP contribution in [0.5, 0.6) is 0 Å². The van der Waals surface area contributed by atoms with Gasteiger partial charge in [0, 0.05) is 73.6 Å². The third kappa shape index (κ3) is 3.37. The van der Waals surface area contributed by atoms with E-state index in [-0.39, 0.29) is 0 Å². The van der Waals surface area contributed by atoms with Gasteiger partial charge in [-0.3, -0.25) is 14.6 Å². The molecule has 4 rings (SSSR count). The van der Waals surface area contributed by atoms with Gasteiger partial charge < -0.3 is 0 Å². The summed E-state index contributed by atoms with van der Waals surface area (Å²) in [7, 11) is 0. The lowest BCUT2D eigenvalue weighted by Crippen LogP contribution is -2.31. The van der Waals surface area contributed by atoms with Gasteiger partial charge in [-0.25, -0.2) is 9.97 Å². The molecule has 3 aromatic rings. The monoisotopic (exact) mass is 348 g/mol. The first-order valence-electron chi connectivity index (χ1n) is 9.23. The van der Waals surface area contributed by atoms with Gasteiger partial charge in [0.1, 0.15) is 0 Å². The molecule has 134 valence electrons. The zero-order valence-electron chi connectivity index (χ0n) is 15.4. The van der Waals surface area contributed by atoms with Crippen molar-refractivity contribution in [3.05, 3.63) is 59.4 Å². The van der Waals surface area contributed by atoms with E-state index < -0.39 is 0 Å². The molecule has 6 heteroatoms. The van der Waals surface area contributed by atoms with Gasteiger partial charge in [0.25, 0.3) is 0 Å². The maximum atomic E-state index is 4.79. The SMILES string of the molecule is CCCn1ncc(CN2CCc3nc(-c4ccncc4)ncc3C2)c1C. The molecule has 1 aliphatic rings. The Morgan fingerprint density at radius 2 is 2.00 bits per heavy atom. The second-order valence-electron chi connectivity index (χ2n) is 6.84. The topological polar surface area (TPSA) is 59.7 Å². The van der Waals surface area contributed by atoms with Crippen LogP contribution in [0.25, 0.3) is 11.4 Å². The van der Waals surface area contributed by atoms with Crippen LogP contribution in [-0.4, -0.2) is 36.2 Å². The highest BCUT2D eigenvalue weighted by molar-refractivity contribution is 5.54. The maximum absolute atomic E-state index is 4.79. The third-order valence-corrected chi connectivity index (χ3v) is 4.99. The fourth-order valence-electron chi connectivity index (χ4n) is 3.47. The molecule has 1 aliphatic heterocycles. The Hall–Kier alpha value is -2.60. The van der Waals surface area contributed by atoms with Crippen molar-refractivity contribution in [2.45, 2.75) is 46.3 Å². The molecule has 0 radical (unpaired) electrons. The van der Waals surface area contributed by atoms with Crippen LogP contribution in [0.2, 0.25) is 0 Å². The molecule has 0 saturated carbocycles. The Balaban J connectivity index is 1.48. The molecule has 0 fully saturated rings. The van der Waals surface area contributed by atoms with Gasteiger partial charge in [-0.15, -0.1) is 0 Å². The first-order valence-corrected chi connectivity index (χ1v) is 9.23. The highest BCUT2D eigenvalue weighted by Gasteiger charge is 2.20. The van der Waals surface area contributed by atoms with Gasteiger partial charge in [-0.05, 0) is 25.5 Å².